The summed E-state index contributed by atoms with van der Waals surface area (Å²) in [6.07, 6.45) is 1.77. The third kappa shape index (κ3) is 3.04. The van der Waals surface area contributed by atoms with Crippen molar-refractivity contribution in [2.75, 3.05) is 6.54 Å². The number of aromatic nitrogens is 1. The molecule has 1 heterocycles. The van der Waals surface area contributed by atoms with Crippen molar-refractivity contribution < 1.29 is 18.0 Å². The van der Waals surface area contributed by atoms with Crippen LogP contribution < -0.4 is 4.72 Å². The molecule has 0 aliphatic heterocycles. The van der Waals surface area contributed by atoms with E-state index in [-0.39, 0.29) is 23.1 Å². The van der Waals surface area contributed by atoms with Crippen LogP contribution in [0.25, 0.3) is 0 Å². The van der Waals surface area contributed by atoms with Crippen LogP contribution in [0.15, 0.2) is 39.8 Å². The summed E-state index contributed by atoms with van der Waals surface area (Å²) in [4.78, 5) is 0.0451. The van der Waals surface area contributed by atoms with Gasteiger partial charge >= 0.3 is 0 Å². The van der Waals surface area contributed by atoms with E-state index >= 15 is 0 Å². The Kier molecular flexibility index (Phi) is 4.03. The second-order valence-corrected chi connectivity index (χ2v) is 7.75. The molecule has 1 unspecified atom stereocenters. The van der Waals surface area contributed by atoms with Gasteiger partial charge in [-0.05, 0) is 38.2 Å². The van der Waals surface area contributed by atoms with E-state index < -0.39 is 15.6 Å². The third-order valence-electron chi connectivity index (χ3n) is 4.29. The molecule has 2 aromatic rings. The molecule has 1 aromatic heterocycles. The highest BCUT2D eigenvalue weighted by atomic mass is 32.2. The van der Waals surface area contributed by atoms with Gasteiger partial charge in [0.25, 0.3) is 0 Å². The Morgan fingerprint density at radius 2 is 1.96 bits per heavy atom. The Labute approximate surface area is 135 Å². The van der Waals surface area contributed by atoms with Crippen LogP contribution in [0.3, 0.4) is 0 Å². The van der Waals surface area contributed by atoms with Gasteiger partial charge in [0.2, 0.25) is 10.0 Å². The number of aryl methyl sites for hydroxylation is 2. The molecule has 0 spiro atoms. The molecule has 2 N–H and O–H groups in total. The summed E-state index contributed by atoms with van der Waals surface area (Å²) in [6.45, 7) is 3.06. The summed E-state index contributed by atoms with van der Waals surface area (Å²) < 4.78 is 32.5. The van der Waals surface area contributed by atoms with Crippen LogP contribution in [0.5, 0.6) is 0 Å². The number of nitrogens with zero attached hydrogens (tertiary/aromatic N) is 1. The maximum absolute atomic E-state index is 12.5. The van der Waals surface area contributed by atoms with E-state index in [4.69, 9.17) is 4.52 Å². The van der Waals surface area contributed by atoms with E-state index in [1.807, 2.05) is 30.3 Å². The van der Waals surface area contributed by atoms with Crippen molar-refractivity contribution in [1.82, 2.24) is 9.88 Å². The van der Waals surface area contributed by atoms with Crippen molar-refractivity contribution in [2.45, 2.75) is 37.2 Å². The SMILES string of the molecule is Cc1noc(C)c1S(=O)(=O)NCC(O)(c1ccccc1)C1CC1. The van der Waals surface area contributed by atoms with Crippen molar-refractivity contribution >= 4 is 10.0 Å². The molecule has 0 saturated heterocycles. The van der Waals surface area contributed by atoms with E-state index in [0.29, 0.717) is 5.69 Å². The standard InChI is InChI=1S/C16H20N2O4S/c1-11-15(12(2)22-18-11)23(20,21)17-10-16(19,14-8-9-14)13-6-4-3-5-7-13/h3-7,14,17,19H,8-10H2,1-2H3. The van der Waals surface area contributed by atoms with Crippen LogP contribution in [0.1, 0.15) is 29.9 Å². The topological polar surface area (TPSA) is 92.4 Å². The minimum Gasteiger partial charge on any atom is -0.383 e. The summed E-state index contributed by atoms with van der Waals surface area (Å²) in [7, 11) is -3.79. The summed E-state index contributed by atoms with van der Waals surface area (Å²) in [5.74, 6) is 0.307. The highest BCUT2D eigenvalue weighted by Crippen LogP contribution is 2.45. The lowest BCUT2D eigenvalue weighted by molar-refractivity contribution is 0.0185. The maximum Gasteiger partial charge on any atom is 0.246 e. The molecule has 1 aliphatic rings. The number of hydrogen-bond donors (Lipinski definition) is 2. The first kappa shape index (κ1) is 16.2. The highest BCUT2D eigenvalue weighted by molar-refractivity contribution is 7.89. The molecular formula is C16H20N2O4S. The number of sulfonamides is 1. The number of rotatable bonds is 6. The second-order valence-electron chi connectivity index (χ2n) is 6.04. The van der Waals surface area contributed by atoms with Gasteiger partial charge in [0.1, 0.15) is 16.2 Å². The molecule has 6 nitrogen and oxygen atoms in total. The summed E-state index contributed by atoms with van der Waals surface area (Å²) in [5.41, 5.74) is -0.165. The van der Waals surface area contributed by atoms with E-state index in [9.17, 15) is 13.5 Å². The normalized spacial score (nSPS) is 17.9. The fraction of sp³-hybridized carbons (Fsp3) is 0.438. The first-order valence-corrected chi connectivity index (χ1v) is 9.03. The molecule has 0 bridgehead atoms. The molecule has 124 valence electrons. The lowest BCUT2D eigenvalue weighted by Gasteiger charge is -2.29. The fourth-order valence-electron chi connectivity index (χ4n) is 2.91. The summed E-state index contributed by atoms with van der Waals surface area (Å²) >= 11 is 0. The molecule has 7 heteroatoms. The van der Waals surface area contributed by atoms with Gasteiger partial charge in [0.15, 0.2) is 5.76 Å². The van der Waals surface area contributed by atoms with Crippen molar-refractivity contribution in [3.05, 3.63) is 47.3 Å². The Bertz CT molecular complexity index is 777. The number of aliphatic hydroxyl groups is 1. The minimum absolute atomic E-state index is 0.0451. The van der Waals surface area contributed by atoms with Gasteiger partial charge in [-0.2, -0.15) is 0 Å². The zero-order chi connectivity index (χ0) is 16.7. The minimum atomic E-state index is -3.79. The first-order chi connectivity index (χ1) is 10.8. The molecule has 0 amide bonds. The molecule has 1 saturated carbocycles. The van der Waals surface area contributed by atoms with Crippen LogP contribution in [0.4, 0.5) is 0 Å². The highest BCUT2D eigenvalue weighted by Gasteiger charge is 2.45. The Hall–Kier alpha value is -1.70. The Morgan fingerprint density at radius 1 is 1.30 bits per heavy atom. The quantitative estimate of drug-likeness (QED) is 0.840. The van der Waals surface area contributed by atoms with Gasteiger partial charge < -0.3 is 9.63 Å². The number of hydrogen-bond acceptors (Lipinski definition) is 5. The first-order valence-electron chi connectivity index (χ1n) is 7.55. The van der Waals surface area contributed by atoms with E-state index in [0.717, 1.165) is 18.4 Å². The molecule has 23 heavy (non-hydrogen) atoms. The van der Waals surface area contributed by atoms with Gasteiger partial charge in [-0.15, -0.1) is 0 Å². The van der Waals surface area contributed by atoms with Crippen molar-refractivity contribution in [1.29, 1.82) is 0 Å². The molecular weight excluding hydrogens is 316 g/mol. The maximum atomic E-state index is 12.5. The molecule has 1 atom stereocenters. The molecule has 3 rings (SSSR count). The third-order valence-corrected chi connectivity index (χ3v) is 5.94. The number of nitrogens with one attached hydrogen (secondary N) is 1. The van der Waals surface area contributed by atoms with Crippen LogP contribution in [-0.4, -0.2) is 25.2 Å². The van der Waals surface area contributed by atoms with Gasteiger partial charge in [-0.1, -0.05) is 35.5 Å². The lowest BCUT2D eigenvalue weighted by Crippen LogP contribution is -2.42. The zero-order valence-corrected chi connectivity index (χ0v) is 13.9. The van der Waals surface area contributed by atoms with Gasteiger partial charge in [0, 0.05) is 6.54 Å². The van der Waals surface area contributed by atoms with Gasteiger partial charge in [-0.3, -0.25) is 0 Å². The van der Waals surface area contributed by atoms with Gasteiger partial charge in [-0.25, -0.2) is 13.1 Å². The van der Waals surface area contributed by atoms with Crippen LogP contribution in [0, 0.1) is 19.8 Å². The average molecular weight is 336 g/mol. The molecule has 1 fully saturated rings. The summed E-state index contributed by atoms with van der Waals surface area (Å²) in [5, 5.41) is 14.7. The average Bonchev–Trinajstić information content (AvgIpc) is 3.32. The van der Waals surface area contributed by atoms with Crippen molar-refractivity contribution in [3.8, 4) is 0 Å². The predicted molar refractivity (Wildman–Crippen MR) is 84.2 cm³/mol. The summed E-state index contributed by atoms with van der Waals surface area (Å²) in [6, 6.07) is 9.19. The smallest absolute Gasteiger partial charge is 0.246 e. The molecule has 1 aromatic carbocycles. The fourth-order valence-corrected chi connectivity index (χ4v) is 4.30. The van der Waals surface area contributed by atoms with E-state index in [1.54, 1.807) is 13.8 Å². The Morgan fingerprint density at radius 3 is 2.48 bits per heavy atom. The zero-order valence-electron chi connectivity index (χ0n) is 13.1. The lowest BCUT2D eigenvalue weighted by atomic mass is 9.89. The molecule has 0 radical (unpaired) electrons. The molecule has 1 aliphatic carbocycles. The van der Waals surface area contributed by atoms with E-state index in [1.165, 1.54) is 0 Å². The predicted octanol–water partition coefficient (Wildman–Crippen LogP) is 1.87. The van der Waals surface area contributed by atoms with Crippen molar-refractivity contribution in [2.24, 2.45) is 5.92 Å². The second kappa shape index (κ2) is 5.74. The largest absolute Gasteiger partial charge is 0.383 e. The van der Waals surface area contributed by atoms with E-state index in [2.05, 4.69) is 9.88 Å². The Balaban J connectivity index is 1.86. The number of benzene rings is 1. The van der Waals surface area contributed by atoms with Gasteiger partial charge in [0.05, 0.1) is 0 Å². The van der Waals surface area contributed by atoms with Crippen LogP contribution in [0.2, 0.25) is 0 Å². The monoisotopic (exact) mass is 336 g/mol. The van der Waals surface area contributed by atoms with Crippen LogP contribution >= 0.6 is 0 Å². The van der Waals surface area contributed by atoms with Crippen molar-refractivity contribution in [3.63, 3.8) is 0 Å². The van der Waals surface area contributed by atoms with Crippen LogP contribution in [-0.2, 0) is 15.6 Å².